The molecule has 1 atom stereocenters. The first kappa shape index (κ1) is 15.8. The van der Waals surface area contributed by atoms with Crippen molar-refractivity contribution in [3.63, 3.8) is 0 Å². The number of nitrogens with zero attached hydrogens (tertiary/aromatic N) is 2. The molecular weight excluding hydrogens is 308 g/mol. The van der Waals surface area contributed by atoms with Crippen molar-refractivity contribution < 1.29 is 9.63 Å². The van der Waals surface area contributed by atoms with E-state index >= 15 is 0 Å². The molecule has 2 aromatic rings. The summed E-state index contributed by atoms with van der Waals surface area (Å²) in [5, 5.41) is 1.73. The predicted molar refractivity (Wildman–Crippen MR) is 93.4 cm³/mol. The Morgan fingerprint density at radius 2 is 1.83 bits per heavy atom. The number of aliphatic imine (C=N–C) groups is 1. The summed E-state index contributed by atoms with van der Waals surface area (Å²) in [4.78, 5) is 22.7. The van der Waals surface area contributed by atoms with E-state index in [1.807, 2.05) is 68.4 Å². The largest absolute Gasteiger partial charge is 0.271 e. The lowest BCUT2D eigenvalue weighted by Gasteiger charge is -2.16. The van der Waals surface area contributed by atoms with E-state index in [9.17, 15) is 4.79 Å². The quantitative estimate of drug-likeness (QED) is 0.850. The van der Waals surface area contributed by atoms with Crippen molar-refractivity contribution in [3.8, 4) is 0 Å². The topological polar surface area (TPSA) is 41.9 Å². The minimum absolute atomic E-state index is 0.0711. The van der Waals surface area contributed by atoms with Crippen LogP contribution in [-0.4, -0.2) is 21.4 Å². The fraction of sp³-hybridized carbons (Fsp3) is 0.222. The van der Waals surface area contributed by atoms with Gasteiger partial charge in [0.2, 0.25) is 0 Å². The van der Waals surface area contributed by atoms with Gasteiger partial charge in [-0.3, -0.25) is 9.63 Å². The van der Waals surface area contributed by atoms with Gasteiger partial charge in [-0.25, -0.2) is 4.99 Å². The summed E-state index contributed by atoms with van der Waals surface area (Å²) in [6.07, 6.45) is 0. The first-order chi connectivity index (χ1) is 11.1. The lowest BCUT2D eigenvalue weighted by molar-refractivity contribution is -0.163. The number of amides is 1. The highest BCUT2D eigenvalue weighted by molar-refractivity contribution is 8.15. The number of carbonyl (C=O) groups excluding carboxylic acids is 1. The molecule has 1 fully saturated rings. The molecule has 1 aliphatic rings. The number of rotatable bonds is 4. The van der Waals surface area contributed by atoms with E-state index in [0.29, 0.717) is 11.8 Å². The lowest BCUT2D eigenvalue weighted by atomic mass is 10.2. The Morgan fingerprint density at radius 3 is 2.57 bits per heavy atom. The molecule has 0 spiro atoms. The van der Waals surface area contributed by atoms with Crippen LogP contribution in [0, 0.1) is 6.92 Å². The molecular formula is C18H18N2O2S. The number of hydroxylamine groups is 2. The third-order valence-corrected chi connectivity index (χ3v) is 4.56. The summed E-state index contributed by atoms with van der Waals surface area (Å²) in [6.45, 7) is 4.21. The van der Waals surface area contributed by atoms with Crippen LogP contribution in [0.4, 0.5) is 5.69 Å². The third-order valence-electron chi connectivity index (χ3n) is 3.54. The summed E-state index contributed by atoms with van der Waals surface area (Å²) in [5.74, 6) is -0.0711. The number of carbonyl (C=O) groups is 1. The van der Waals surface area contributed by atoms with Gasteiger partial charge in [-0.2, -0.15) is 5.06 Å². The predicted octanol–water partition coefficient (Wildman–Crippen LogP) is 4.08. The highest BCUT2D eigenvalue weighted by Gasteiger charge is 2.36. The minimum Gasteiger partial charge on any atom is -0.271 e. The molecule has 1 amide bonds. The second-order valence-corrected chi connectivity index (χ2v) is 6.64. The molecule has 0 N–H and O–H groups in total. The zero-order valence-corrected chi connectivity index (χ0v) is 13.9. The third kappa shape index (κ3) is 3.63. The number of hydrogen-bond acceptors (Lipinski definition) is 4. The van der Waals surface area contributed by atoms with Gasteiger partial charge in [0.25, 0.3) is 5.91 Å². The zero-order chi connectivity index (χ0) is 16.2. The molecule has 1 unspecified atom stereocenters. The van der Waals surface area contributed by atoms with Crippen LogP contribution in [0.3, 0.4) is 0 Å². The Labute approximate surface area is 140 Å². The molecule has 0 aliphatic carbocycles. The smallest absolute Gasteiger partial charge is 0.266 e. The van der Waals surface area contributed by atoms with Gasteiger partial charge in [-0.1, -0.05) is 60.3 Å². The molecule has 1 aliphatic heterocycles. The maximum Gasteiger partial charge on any atom is 0.266 e. The first-order valence-electron chi connectivity index (χ1n) is 7.47. The SMILES string of the molecule is Cc1ccccc1N=C1SC(C)C(=O)N1OCc1ccccc1. The molecule has 118 valence electrons. The van der Waals surface area contributed by atoms with E-state index in [-0.39, 0.29) is 11.2 Å². The molecule has 23 heavy (non-hydrogen) atoms. The van der Waals surface area contributed by atoms with E-state index in [0.717, 1.165) is 16.8 Å². The van der Waals surface area contributed by atoms with Gasteiger partial charge in [0.15, 0.2) is 5.17 Å². The fourth-order valence-electron chi connectivity index (χ4n) is 2.21. The summed E-state index contributed by atoms with van der Waals surface area (Å²) < 4.78 is 0. The second-order valence-electron chi connectivity index (χ2n) is 5.33. The van der Waals surface area contributed by atoms with Gasteiger partial charge in [0.05, 0.1) is 10.9 Å². The molecule has 0 radical (unpaired) electrons. The molecule has 0 saturated carbocycles. The standard InChI is InChI=1S/C18H18N2O2S/c1-13-8-6-7-11-16(13)19-18-20(17(21)14(2)23-18)22-12-15-9-4-3-5-10-15/h3-11,14H,12H2,1-2H3. The molecule has 5 heteroatoms. The van der Waals surface area contributed by atoms with E-state index in [2.05, 4.69) is 4.99 Å². The Hall–Kier alpha value is -2.11. The average molecular weight is 326 g/mol. The number of aryl methyl sites for hydroxylation is 1. The van der Waals surface area contributed by atoms with Gasteiger partial charge in [0, 0.05) is 0 Å². The number of thioether (sulfide) groups is 1. The van der Waals surface area contributed by atoms with Gasteiger partial charge in [-0.15, -0.1) is 0 Å². The van der Waals surface area contributed by atoms with Gasteiger partial charge < -0.3 is 0 Å². The van der Waals surface area contributed by atoms with Gasteiger partial charge >= 0.3 is 0 Å². The van der Waals surface area contributed by atoms with Crippen LogP contribution in [0.1, 0.15) is 18.1 Å². The lowest BCUT2D eigenvalue weighted by Crippen LogP contribution is -2.31. The summed E-state index contributed by atoms with van der Waals surface area (Å²) in [7, 11) is 0. The zero-order valence-electron chi connectivity index (χ0n) is 13.1. The van der Waals surface area contributed by atoms with Crippen molar-refractivity contribution in [2.24, 2.45) is 4.99 Å². The van der Waals surface area contributed by atoms with E-state index < -0.39 is 0 Å². The maximum atomic E-state index is 12.3. The summed E-state index contributed by atoms with van der Waals surface area (Å²) in [6, 6.07) is 17.6. The number of amidine groups is 1. The Morgan fingerprint density at radius 1 is 1.13 bits per heavy atom. The van der Waals surface area contributed by atoms with Crippen molar-refractivity contribution in [3.05, 3.63) is 65.7 Å². The Bertz CT molecular complexity index is 731. The van der Waals surface area contributed by atoms with Gasteiger partial charge in [0.1, 0.15) is 6.61 Å². The van der Waals surface area contributed by atoms with E-state index in [1.165, 1.54) is 16.8 Å². The molecule has 0 aromatic heterocycles. The molecule has 2 aromatic carbocycles. The Balaban J connectivity index is 1.81. The number of benzene rings is 2. The summed E-state index contributed by atoms with van der Waals surface area (Å²) in [5.41, 5.74) is 2.93. The van der Waals surface area contributed by atoms with Crippen molar-refractivity contribution in [1.82, 2.24) is 5.06 Å². The van der Waals surface area contributed by atoms with Crippen LogP contribution in [0.15, 0.2) is 59.6 Å². The fourth-order valence-corrected chi connectivity index (χ4v) is 3.11. The van der Waals surface area contributed by atoms with E-state index in [4.69, 9.17) is 4.84 Å². The highest BCUT2D eigenvalue weighted by atomic mass is 32.2. The maximum absolute atomic E-state index is 12.3. The highest BCUT2D eigenvalue weighted by Crippen LogP contribution is 2.30. The van der Waals surface area contributed by atoms with Crippen LogP contribution < -0.4 is 0 Å². The molecule has 1 saturated heterocycles. The second kappa shape index (κ2) is 6.98. The van der Waals surface area contributed by atoms with Crippen LogP contribution in [0.2, 0.25) is 0 Å². The number of para-hydroxylation sites is 1. The van der Waals surface area contributed by atoms with Crippen molar-refractivity contribution >= 4 is 28.5 Å². The molecule has 3 rings (SSSR count). The van der Waals surface area contributed by atoms with Gasteiger partial charge in [-0.05, 0) is 31.0 Å². The van der Waals surface area contributed by atoms with Crippen molar-refractivity contribution in [1.29, 1.82) is 0 Å². The van der Waals surface area contributed by atoms with Crippen LogP contribution in [0.5, 0.6) is 0 Å². The molecule has 1 heterocycles. The molecule has 4 nitrogen and oxygen atoms in total. The van der Waals surface area contributed by atoms with Crippen molar-refractivity contribution in [2.75, 3.05) is 0 Å². The van der Waals surface area contributed by atoms with Crippen LogP contribution in [-0.2, 0) is 16.2 Å². The monoisotopic (exact) mass is 326 g/mol. The van der Waals surface area contributed by atoms with Crippen LogP contribution in [0.25, 0.3) is 0 Å². The normalized spacial score (nSPS) is 19.6. The first-order valence-corrected chi connectivity index (χ1v) is 8.35. The number of hydrogen-bond donors (Lipinski definition) is 0. The summed E-state index contributed by atoms with van der Waals surface area (Å²) >= 11 is 1.42. The Kier molecular flexibility index (Phi) is 4.79. The van der Waals surface area contributed by atoms with E-state index in [1.54, 1.807) is 0 Å². The average Bonchev–Trinajstić information content (AvgIpc) is 2.83. The van der Waals surface area contributed by atoms with Crippen LogP contribution >= 0.6 is 11.8 Å². The van der Waals surface area contributed by atoms with Crippen molar-refractivity contribution in [2.45, 2.75) is 25.7 Å². The minimum atomic E-state index is -0.187. The molecule has 0 bridgehead atoms.